The summed E-state index contributed by atoms with van der Waals surface area (Å²) < 4.78 is 11.1. The van der Waals surface area contributed by atoms with Crippen LogP contribution in [0.4, 0.5) is 0 Å². The second kappa shape index (κ2) is 5.34. The van der Waals surface area contributed by atoms with Crippen molar-refractivity contribution in [3.8, 4) is 0 Å². The number of ether oxygens (including phenoxy) is 2. The number of rotatable bonds is 2. The molecule has 0 aliphatic carbocycles. The first-order valence-electron chi connectivity index (χ1n) is 5.84. The second-order valence-corrected chi connectivity index (χ2v) is 5.00. The Balaban J connectivity index is 2.04. The lowest BCUT2D eigenvalue weighted by atomic mass is 10.1. The van der Waals surface area contributed by atoms with E-state index in [0.717, 1.165) is 19.4 Å². The van der Waals surface area contributed by atoms with Crippen molar-refractivity contribution in [2.75, 3.05) is 26.4 Å². The van der Waals surface area contributed by atoms with E-state index in [1.165, 1.54) is 0 Å². The Hall–Kier alpha value is -0.320. The smallest absolute Gasteiger partial charge is 0.240 e. The van der Waals surface area contributed by atoms with E-state index < -0.39 is 5.38 Å². The molecule has 16 heavy (non-hydrogen) atoms. The Kier molecular flexibility index (Phi) is 4.05. The molecule has 0 aromatic heterocycles. The maximum absolute atomic E-state index is 11.9. The Morgan fingerprint density at radius 2 is 2.31 bits per heavy atom. The molecule has 2 heterocycles. The molecule has 2 rings (SSSR count). The normalized spacial score (nSPS) is 32.8. The zero-order valence-corrected chi connectivity index (χ0v) is 10.3. The predicted octanol–water partition coefficient (Wildman–Crippen LogP) is 1.02. The Morgan fingerprint density at radius 3 is 2.94 bits per heavy atom. The summed E-state index contributed by atoms with van der Waals surface area (Å²) in [4.78, 5) is 13.8. The molecule has 2 aliphatic rings. The summed E-state index contributed by atoms with van der Waals surface area (Å²) in [6.07, 6.45) is 2.20. The third kappa shape index (κ3) is 2.50. The van der Waals surface area contributed by atoms with Gasteiger partial charge in [0.25, 0.3) is 0 Å². The summed E-state index contributed by atoms with van der Waals surface area (Å²) in [6, 6.07) is 0.0462. The molecule has 0 saturated carbocycles. The minimum Gasteiger partial charge on any atom is -0.377 e. The van der Waals surface area contributed by atoms with E-state index in [1.54, 1.807) is 6.92 Å². The van der Waals surface area contributed by atoms with Crippen LogP contribution >= 0.6 is 11.6 Å². The lowest BCUT2D eigenvalue weighted by Gasteiger charge is -2.39. The number of hydrogen-bond acceptors (Lipinski definition) is 3. The fraction of sp³-hybridized carbons (Fsp3) is 0.909. The van der Waals surface area contributed by atoms with Crippen LogP contribution in [0.3, 0.4) is 0 Å². The van der Waals surface area contributed by atoms with Crippen molar-refractivity contribution in [3.63, 3.8) is 0 Å². The largest absolute Gasteiger partial charge is 0.377 e. The minimum atomic E-state index is -0.470. The van der Waals surface area contributed by atoms with Crippen molar-refractivity contribution >= 4 is 17.5 Å². The minimum absolute atomic E-state index is 0.00883. The fourth-order valence-electron chi connectivity index (χ4n) is 2.34. The fourth-order valence-corrected chi connectivity index (χ4v) is 2.46. The molecule has 2 aliphatic heterocycles. The van der Waals surface area contributed by atoms with Crippen LogP contribution in [0.1, 0.15) is 19.8 Å². The molecule has 0 radical (unpaired) electrons. The van der Waals surface area contributed by atoms with E-state index in [4.69, 9.17) is 21.1 Å². The average molecular weight is 248 g/mol. The molecule has 0 N–H and O–H groups in total. The van der Waals surface area contributed by atoms with Crippen molar-refractivity contribution in [3.05, 3.63) is 0 Å². The highest BCUT2D eigenvalue weighted by atomic mass is 35.5. The third-order valence-corrected chi connectivity index (χ3v) is 3.37. The van der Waals surface area contributed by atoms with E-state index in [2.05, 4.69) is 0 Å². The van der Waals surface area contributed by atoms with Crippen molar-refractivity contribution in [2.24, 2.45) is 0 Å². The molecule has 3 atom stereocenters. The van der Waals surface area contributed by atoms with E-state index in [1.807, 2.05) is 4.90 Å². The maximum atomic E-state index is 11.9. The van der Waals surface area contributed by atoms with E-state index in [0.29, 0.717) is 19.8 Å². The molecule has 2 fully saturated rings. The first-order valence-corrected chi connectivity index (χ1v) is 6.27. The van der Waals surface area contributed by atoms with E-state index in [9.17, 15) is 4.79 Å². The van der Waals surface area contributed by atoms with Gasteiger partial charge in [0.2, 0.25) is 5.91 Å². The van der Waals surface area contributed by atoms with Gasteiger partial charge in [0.1, 0.15) is 5.38 Å². The summed E-state index contributed by atoms with van der Waals surface area (Å²) in [5.41, 5.74) is 0. The summed E-state index contributed by atoms with van der Waals surface area (Å²) in [6.45, 7) is 4.30. The average Bonchev–Trinajstić information content (AvgIpc) is 2.81. The molecule has 4 nitrogen and oxygen atoms in total. The number of carbonyl (C=O) groups excluding carboxylic acids is 1. The number of morpholine rings is 1. The van der Waals surface area contributed by atoms with Crippen LogP contribution in [-0.2, 0) is 14.3 Å². The Labute approximate surface area is 101 Å². The first kappa shape index (κ1) is 12.1. The molecule has 0 bridgehead atoms. The lowest BCUT2D eigenvalue weighted by molar-refractivity contribution is -0.145. The predicted molar refractivity (Wildman–Crippen MR) is 60.6 cm³/mol. The molecule has 0 aromatic rings. The van der Waals surface area contributed by atoms with Gasteiger partial charge < -0.3 is 14.4 Å². The molecule has 92 valence electrons. The maximum Gasteiger partial charge on any atom is 0.240 e. The first-order chi connectivity index (χ1) is 7.70. The number of hydrogen-bond donors (Lipinski definition) is 0. The molecule has 3 unspecified atom stereocenters. The molecule has 0 aromatic carbocycles. The lowest BCUT2D eigenvalue weighted by Crippen LogP contribution is -2.55. The number of amides is 1. The number of carbonyl (C=O) groups is 1. The van der Waals surface area contributed by atoms with Crippen LogP contribution in [0.25, 0.3) is 0 Å². The topological polar surface area (TPSA) is 38.8 Å². The highest BCUT2D eigenvalue weighted by Crippen LogP contribution is 2.23. The van der Waals surface area contributed by atoms with Gasteiger partial charge in [0.15, 0.2) is 0 Å². The molecular formula is C11H18ClNO3. The third-order valence-electron chi connectivity index (χ3n) is 3.18. The van der Waals surface area contributed by atoms with Gasteiger partial charge in [-0.2, -0.15) is 0 Å². The van der Waals surface area contributed by atoms with Crippen LogP contribution in [0.15, 0.2) is 0 Å². The van der Waals surface area contributed by atoms with Gasteiger partial charge in [-0.1, -0.05) is 0 Å². The van der Waals surface area contributed by atoms with Gasteiger partial charge in [-0.25, -0.2) is 0 Å². The van der Waals surface area contributed by atoms with Crippen LogP contribution < -0.4 is 0 Å². The summed E-state index contributed by atoms with van der Waals surface area (Å²) in [5.74, 6) is -0.00883. The molecule has 0 spiro atoms. The highest BCUT2D eigenvalue weighted by molar-refractivity contribution is 6.30. The molecular weight excluding hydrogens is 230 g/mol. The monoisotopic (exact) mass is 247 g/mol. The standard InChI is InChI=1S/C11H18ClNO3/c1-8(12)11(14)13-4-6-15-7-9(13)10-3-2-5-16-10/h8-10H,2-7H2,1H3. The van der Waals surface area contributed by atoms with Gasteiger partial charge in [0.05, 0.1) is 25.4 Å². The van der Waals surface area contributed by atoms with Gasteiger partial charge in [-0.3, -0.25) is 4.79 Å². The van der Waals surface area contributed by atoms with Crippen molar-refractivity contribution < 1.29 is 14.3 Å². The zero-order valence-electron chi connectivity index (χ0n) is 9.52. The van der Waals surface area contributed by atoms with E-state index in [-0.39, 0.29) is 18.1 Å². The quantitative estimate of drug-likeness (QED) is 0.684. The second-order valence-electron chi connectivity index (χ2n) is 4.34. The Bertz CT molecular complexity index is 254. The van der Waals surface area contributed by atoms with Crippen molar-refractivity contribution in [1.29, 1.82) is 0 Å². The van der Waals surface area contributed by atoms with Gasteiger partial charge in [-0.05, 0) is 19.8 Å². The molecule has 5 heteroatoms. The van der Waals surface area contributed by atoms with Crippen LogP contribution in [0, 0.1) is 0 Å². The Morgan fingerprint density at radius 1 is 1.50 bits per heavy atom. The van der Waals surface area contributed by atoms with Crippen molar-refractivity contribution in [1.82, 2.24) is 4.90 Å². The van der Waals surface area contributed by atoms with E-state index >= 15 is 0 Å². The van der Waals surface area contributed by atoms with Crippen molar-refractivity contribution in [2.45, 2.75) is 37.3 Å². The van der Waals surface area contributed by atoms with Gasteiger partial charge in [-0.15, -0.1) is 11.6 Å². The SMILES string of the molecule is CC(Cl)C(=O)N1CCOCC1C1CCCO1. The number of halogens is 1. The van der Waals surface area contributed by atoms with Crippen LogP contribution in [0.5, 0.6) is 0 Å². The summed E-state index contributed by atoms with van der Waals surface area (Å²) >= 11 is 5.86. The van der Waals surface area contributed by atoms with Crippen LogP contribution in [0.2, 0.25) is 0 Å². The van der Waals surface area contributed by atoms with Gasteiger partial charge >= 0.3 is 0 Å². The number of alkyl halides is 1. The zero-order chi connectivity index (χ0) is 11.5. The highest BCUT2D eigenvalue weighted by Gasteiger charge is 2.36. The molecule has 1 amide bonds. The summed E-state index contributed by atoms with van der Waals surface area (Å²) in [5, 5.41) is -0.470. The number of nitrogens with zero attached hydrogens (tertiary/aromatic N) is 1. The molecule has 2 saturated heterocycles. The van der Waals surface area contributed by atoms with Crippen LogP contribution in [-0.4, -0.2) is 54.7 Å². The van der Waals surface area contributed by atoms with Gasteiger partial charge in [0, 0.05) is 13.2 Å². The summed E-state index contributed by atoms with van der Waals surface area (Å²) in [7, 11) is 0.